The second kappa shape index (κ2) is 7.41. The van der Waals surface area contributed by atoms with E-state index in [1.54, 1.807) is 18.2 Å². The maximum absolute atomic E-state index is 10.7. The zero-order valence-corrected chi connectivity index (χ0v) is 13.0. The van der Waals surface area contributed by atoms with E-state index in [1.165, 1.54) is 25.8 Å². The Hall–Kier alpha value is -1.62. The first-order valence-corrected chi connectivity index (χ1v) is 7.81. The maximum Gasteiger partial charge on any atom is 0.269 e. The molecule has 21 heavy (non-hydrogen) atoms. The van der Waals surface area contributed by atoms with Crippen molar-refractivity contribution in [2.75, 3.05) is 25.0 Å². The van der Waals surface area contributed by atoms with Crippen LogP contribution in [0.4, 0.5) is 11.4 Å². The zero-order chi connectivity index (χ0) is 15.2. The first-order valence-electron chi connectivity index (χ1n) is 7.81. The van der Waals surface area contributed by atoms with Gasteiger partial charge in [-0.25, -0.2) is 0 Å². The number of hydrogen-bond donors (Lipinski definition) is 1. The predicted molar refractivity (Wildman–Crippen MR) is 85.8 cm³/mol. The van der Waals surface area contributed by atoms with Gasteiger partial charge in [-0.1, -0.05) is 6.42 Å². The molecule has 1 aromatic rings. The normalized spacial score (nSPS) is 19.4. The summed E-state index contributed by atoms with van der Waals surface area (Å²) in [6, 6.07) is 5.69. The lowest BCUT2D eigenvalue weighted by atomic mass is 10.0. The van der Waals surface area contributed by atoms with Crippen LogP contribution >= 0.6 is 0 Å². The Bertz CT molecular complexity index is 490. The molecule has 1 fully saturated rings. The topological polar surface area (TPSA) is 58.4 Å². The summed E-state index contributed by atoms with van der Waals surface area (Å²) in [5, 5.41) is 14.1. The molecule has 1 aliphatic rings. The van der Waals surface area contributed by atoms with Crippen molar-refractivity contribution < 1.29 is 4.92 Å². The van der Waals surface area contributed by atoms with Gasteiger partial charge in [0, 0.05) is 37.0 Å². The Kier molecular flexibility index (Phi) is 5.56. The van der Waals surface area contributed by atoms with Gasteiger partial charge in [0.15, 0.2) is 0 Å². The second-order valence-electron chi connectivity index (χ2n) is 5.92. The number of hydrogen-bond acceptors (Lipinski definition) is 4. The van der Waals surface area contributed by atoms with Gasteiger partial charge >= 0.3 is 0 Å². The molecule has 1 heterocycles. The molecular weight excluding hydrogens is 266 g/mol. The standard InChI is InChI=1S/C16H25N3O2/c1-13-12-15(19(20)21)7-8-16(13)17-9-5-11-18-10-4-3-6-14(18)2/h7-8,12,14,17H,3-6,9-11H2,1-2H3. The molecule has 1 N–H and O–H groups in total. The fraction of sp³-hybridized carbons (Fsp3) is 0.625. The highest BCUT2D eigenvalue weighted by atomic mass is 16.6. The largest absolute Gasteiger partial charge is 0.385 e. The first-order chi connectivity index (χ1) is 10.1. The minimum atomic E-state index is -0.353. The van der Waals surface area contributed by atoms with E-state index in [2.05, 4.69) is 17.1 Å². The van der Waals surface area contributed by atoms with E-state index in [0.29, 0.717) is 6.04 Å². The van der Waals surface area contributed by atoms with Crippen molar-refractivity contribution in [1.29, 1.82) is 0 Å². The van der Waals surface area contributed by atoms with Gasteiger partial charge in [0.05, 0.1) is 4.92 Å². The average Bonchev–Trinajstić information content (AvgIpc) is 2.46. The van der Waals surface area contributed by atoms with Crippen LogP contribution in [-0.4, -0.2) is 35.5 Å². The summed E-state index contributed by atoms with van der Waals surface area (Å²) in [5.74, 6) is 0. The number of aryl methyl sites for hydroxylation is 1. The van der Waals surface area contributed by atoms with Crippen LogP contribution in [0, 0.1) is 17.0 Å². The van der Waals surface area contributed by atoms with Crippen molar-refractivity contribution in [2.24, 2.45) is 0 Å². The summed E-state index contributed by atoms with van der Waals surface area (Å²) in [6.07, 6.45) is 5.09. The molecule has 1 unspecified atom stereocenters. The van der Waals surface area contributed by atoms with Gasteiger partial charge in [0.1, 0.15) is 0 Å². The first kappa shape index (κ1) is 15.8. The van der Waals surface area contributed by atoms with Crippen LogP contribution in [0.15, 0.2) is 18.2 Å². The van der Waals surface area contributed by atoms with Crippen LogP contribution in [0.5, 0.6) is 0 Å². The number of nitrogens with one attached hydrogen (secondary N) is 1. The Labute approximate surface area is 126 Å². The highest BCUT2D eigenvalue weighted by Crippen LogP contribution is 2.21. The number of nitro benzene ring substituents is 1. The zero-order valence-electron chi connectivity index (χ0n) is 13.0. The quantitative estimate of drug-likeness (QED) is 0.494. The van der Waals surface area contributed by atoms with E-state index in [9.17, 15) is 10.1 Å². The van der Waals surface area contributed by atoms with Crippen LogP contribution in [0.1, 0.15) is 38.2 Å². The molecule has 5 heteroatoms. The van der Waals surface area contributed by atoms with Crippen LogP contribution in [0.25, 0.3) is 0 Å². The Morgan fingerprint density at radius 2 is 2.24 bits per heavy atom. The lowest BCUT2D eigenvalue weighted by Crippen LogP contribution is -2.38. The van der Waals surface area contributed by atoms with Gasteiger partial charge in [-0.15, -0.1) is 0 Å². The van der Waals surface area contributed by atoms with E-state index < -0.39 is 0 Å². The molecule has 0 saturated carbocycles. The third kappa shape index (κ3) is 4.43. The summed E-state index contributed by atoms with van der Waals surface area (Å²) < 4.78 is 0. The van der Waals surface area contributed by atoms with Crippen molar-refractivity contribution in [3.8, 4) is 0 Å². The number of non-ortho nitro benzene ring substituents is 1. The molecule has 116 valence electrons. The van der Waals surface area contributed by atoms with Gasteiger partial charge < -0.3 is 10.2 Å². The van der Waals surface area contributed by atoms with Crippen molar-refractivity contribution in [2.45, 2.75) is 45.6 Å². The van der Waals surface area contributed by atoms with E-state index in [1.807, 2.05) is 6.92 Å². The van der Waals surface area contributed by atoms with Gasteiger partial charge in [0.25, 0.3) is 5.69 Å². The van der Waals surface area contributed by atoms with Crippen LogP contribution in [-0.2, 0) is 0 Å². The maximum atomic E-state index is 10.7. The number of nitrogens with zero attached hydrogens (tertiary/aromatic N) is 2. The van der Waals surface area contributed by atoms with E-state index >= 15 is 0 Å². The molecule has 1 saturated heterocycles. The number of likely N-dealkylation sites (tertiary alicyclic amines) is 1. The van der Waals surface area contributed by atoms with Gasteiger partial charge in [-0.05, 0) is 51.3 Å². The summed E-state index contributed by atoms with van der Waals surface area (Å²) in [4.78, 5) is 12.9. The Balaban J connectivity index is 1.77. The molecular formula is C16H25N3O2. The summed E-state index contributed by atoms with van der Waals surface area (Å²) >= 11 is 0. The van der Waals surface area contributed by atoms with Crippen molar-refractivity contribution >= 4 is 11.4 Å². The molecule has 1 aliphatic heterocycles. The van der Waals surface area contributed by atoms with Crippen LogP contribution in [0.2, 0.25) is 0 Å². The number of anilines is 1. The van der Waals surface area contributed by atoms with E-state index in [4.69, 9.17) is 0 Å². The van der Waals surface area contributed by atoms with Crippen LogP contribution < -0.4 is 5.32 Å². The Morgan fingerprint density at radius 1 is 1.43 bits per heavy atom. The van der Waals surface area contributed by atoms with E-state index in [-0.39, 0.29) is 10.6 Å². The predicted octanol–water partition coefficient (Wildman–Crippen LogP) is 3.58. The van der Waals surface area contributed by atoms with Gasteiger partial charge in [-0.3, -0.25) is 10.1 Å². The number of piperidine rings is 1. The molecule has 1 aromatic carbocycles. The summed E-state index contributed by atoms with van der Waals surface area (Å²) in [7, 11) is 0. The molecule has 0 amide bonds. The Morgan fingerprint density at radius 3 is 2.90 bits per heavy atom. The highest BCUT2D eigenvalue weighted by Gasteiger charge is 2.17. The van der Waals surface area contributed by atoms with Crippen molar-refractivity contribution in [1.82, 2.24) is 4.90 Å². The molecule has 0 spiro atoms. The summed E-state index contributed by atoms with van der Waals surface area (Å²) in [6.45, 7) is 7.47. The number of rotatable bonds is 6. The SMILES string of the molecule is Cc1cc([N+](=O)[O-])ccc1NCCCN1CCCCC1C. The fourth-order valence-electron chi connectivity index (χ4n) is 2.95. The van der Waals surface area contributed by atoms with Gasteiger partial charge in [0.2, 0.25) is 0 Å². The second-order valence-corrected chi connectivity index (χ2v) is 5.92. The molecule has 2 rings (SSSR count). The van der Waals surface area contributed by atoms with Crippen LogP contribution in [0.3, 0.4) is 0 Å². The van der Waals surface area contributed by atoms with Crippen molar-refractivity contribution in [3.05, 3.63) is 33.9 Å². The molecule has 1 atom stereocenters. The van der Waals surface area contributed by atoms with E-state index in [0.717, 1.165) is 30.8 Å². The van der Waals surface area contributed by atoms with Gasteiger partial charge in [-0.2, -0.15) is 0 Å². The summed E-state index contributed by atoms with van der Waals surface area (Å²) in [5.41, 5.74) is 2.07. The smallest absolute Gasteiger partial charge is 0.269 e. The molecule has 0 aliphatic carbocycles. The highest BCUT2D eigenvalue weighted by molar-refractivity contribution is 5.55. The monoisotopic (exact) mass is 291 g/mol. The molecule has 0 aromatic heterocycles. The van der Waals surface area contributed by atoms with Crippen molar-refractivity contribution in [3.63, 3.8) is 0 Å². The average molecular weight is 291 g/mol. The number of nitro groups is 1. The number of benzene rings is 1. The molecule has 5 nitrogen and oxygen atoms in total. The third-order valence-electron chi connectivity index (χ3n) is 4.30. The fourth-order valence-corrected chi connectivity index (χ4v) is 2.95. The molecule has 0 bridgehead atoms. The lowest BCUT2D eigenvalue weighted by molar-refractivity contribution is -0.384. The molecule has 0 radical (unpaired) electrons. The minimum Gasteiger partial charge on any atom is -0.385 e. The minimum absolute atomic E-state index is 0.153. The lowest BCUT2D eigenvalue weighted by Gasteiger charge is -2.33. The third-order valence-corrected chi connectivity index (χ3v) is 4.30.